The van der Waals surface area contributed by atoms with Gasteiger partial charge < -0.3 is 15.3 Å². The van der Waals surface area contributed by atoms with Gasteiger partial charge in [-0.3, -0.25) is 4.79 Å². The molecular formula is C16H14Cl2O4. The van der Waals surface area contributed by atoms with Crippen LogP contribution in [0.1, 0.15) is 29.9 Å². The van der Waals surface area contributed by atoms with Crippen molar-refractivity contribution in [2.45, 2.75) is 18.8 Å². The molecule has 4 nitrogen and oxygen atoms in total. The predicted molar refractivity (Wildman–Crippen MR) is 84.9 cm³/mol. The van der Waals surface area contributed by atoms with Crippen molar-refractivity contribution in [2.24, 2.45) is 0 Å². The van der Waals surface area contributed by atoms with Gasteiger partial charge in [0.2, 0.25) is 0 Å². The first-order chi connectivity index (χ1) is 10.4. The topological polar surface area (TPSA) is 77.8 Å². The SMILES string of the molecule is O=C(O)CCC(c1ccc(O)c(Cl)c1)c1ccc(O)c(Cl)c1. The monoisotopic (exact) mass is 340 g/mol. The highest BCUT2D eigenvalue weighted by Crippen LogP contribution is 2.36. The lowest BCUT2D eigenvalue weighted by Gasteiger charge is -2.18. The van der Waals surface area contributed by atoms with Crippen molar-refractivity contribution in [3.8, 4) is 11.5 Å². The van der Waals surface area contributed by atoms with Crippen molar-refractivity contribution in [3.63, 3.8) is 0 Å². The fraction of sp³-hybridized carbons (Fsp3) is 0.188. The van der Waals surface area contributed by atoms with Crippen LogP contribution in [0.5, 0.6) is 11.5 Å². The maximum absolute atomic E-state index is 10.9. The summed E-state index contributed by atoms with van der Waals surface area (Å²) in [5.74, 6) is -1.23. The molecule has 0 aliphatic carbocycles. The van der Waals surface area contributed by atoms with E-state index in [1.165, 1.54) is 12.1 Å². The number of rotatable bonds is 5. The Labute approximate surface area is 137 Å². The number of phenols is 2. The van der Waals surface area contributed by atoms with Crippen LogP contribution in [0, 0.1) is 0 Å². The average molecular weight is 341 g/mol. The maximum atomic E-state index is 10.9. The van der Waals surface area contributed by atoms with E-state index in [1.807, 2.05) is 0 Å². The molecule has 0 radical (unpaired) electrons. The van der Waals surface area contributed by atoms with Gasteiger partial charge in [-0.15, -0.1) is 0 Å². The van der Waals surface area contributed by atoms with E-state index in [2.05, 4.69) is 0 Å². The van der Waals surface area contributed by atoms with Crippen molar-refractivity contribution in [2.75, 3.05) is 0 Å². The molecule has 0 bridgehead atoms. The Bertz CT molecular complexity index is 649. The van der Waals surface area contributed by atoms with Crippen LogP contribution < -0.4 is 0 Å². The van der Waals surface area contributed by atoms with Gasteiger partial charge in [-0.05, 0) is 41.8 Å². The van der Waals surface area contributed by atoms with Gasteiger partial charge >= 0.3 is 5.97 Å². The fourth-order valence-electron chi connectivity index (χ4n) is 2.27. The number of phenolic OH excluding ortho intramolecular Hbond substituents is 2. The summed E-state index contributed by atoms with van der Waals surface area (Å²) in [6.07, 6.45) is 0.319. The van der Waals surface area contributed by atoms with Crippen molar-refractivity contribution in [1.29, 1.82) is 0 Å². The molecule has 2 aromatic carbocycles. The molecule has 0 amide bonds. The van der Waals surface area contributed by atoms with Gasteiger partial charge in [0.05, 0.1) is 10.0 Å². The van der Waals surface area contributed by atoms with Crippen molar-refractivity contribution < 1.29 is 20.1 Å². The molecule has 0 atom stereocenters. The number of carboxylic acids is 1. The first-order valence-corrected chi connectivity index (χ1v) is 7.32. The molecule has 0 unspecified atom stereocenters. The first-order valence-electron chi connectivity index (χ1n) is 6.57. The molecule has 0 aliphatic heterocycles. The number of carbonyl (C=O) groups is 1. The smallest absolute Gasteiger partial charge is 0.303 e. The maximum Gasteiger partial charge on any atom is 0.303 e. The van der Waals surface area contributed by atoms with Crippen LogP contribution in [0.25, 0.3) is 0 Å². The highest BCUT2D eigenvalue weighted by Gasteiger charge is 2.18. The van der Waals surface area contributed by atoms with Crippen molar-refractivity contribution >= 4 is 29.2 Å². The Balaban J connectivity index is 2.42. The fourth-order valence-corrected chi connectivity index (χ4v) is 2.65. The van der Waals surface area contributed by atoms with E-state index in [4.69, 9.17) is 28.3 Å². The molecule has 0 saturated carbocycles. The Morgan fingerprint density at radius 2 is 1.41 bits per heavy atom. The lowest BCUT2D eigenvalue weighted by molar-refractivity contribution is -0.137. The lowest BCUT2D eigenvalue weighted by atomic mass is 9.87. The molecule has 0 saturated heterocycles. The second-order valence-corrected chi connectivity index (χ2v) is 5.72. The van der Waals surface area contributed by atoms with Crippen molar-refractivity contribution in [3.05, 3.63) is 57.6 Å². The number of carboxylic acid groups (broad SMARTS) is 1. The molecule has 0 fully saturated rings. The molecule has 3 N–H and O–H groups in total. The van der Waals surface area contributed by atoms with Gasteiger partial charge in [-0.1, -0.05) is 35.3 Å². The number of benzene rings is 2. The Morgan fingerprint density at radius 1 is 0.955 bits per heavy atom. The van der Waals surface area contributed by atoms with Gasteiger partial charge in [0.25, 0.3) is 0 Å². The molecule has 0 spiro atoms. The third-order valence-electron chi connectivity index (χ3n) is 3.40. The zero-order valence-corrected chi connectivity index (χ0v) is 13.0. The molecule has 116 valence electrons. The van der Waals surface area contributed by atoms with E-state index in [0.717, 1.165) is 11.1 Å². The Hall–Kier alpha value is -1.91. The number of hydrogen-bond donors (Lipinski definition) is 3. The van der Waals surface area contributed by atoms with E-state index < -0.39 is 5.97 Å². The number of hydrogen-bond acceptors (Lipinski definition) is 3. The normalized spacial score (nSPS) is 10.9. The summed E-state index contributed by atoms with van der Waals surface area (Å²) in [4.78, 5) is 10.9. The third-order valence-corrected chi connectivity index (χ3v) is 4.00. The predicted octanol–water partition coefficient (Wildman–Crippen LogP) is 4.40. The molecule has 2 aromatic rings. The summed E-state index contributed by atoms with van der Waals surface area (Å²) in [6, 6.07) is 9.51. The minimum absolute atomic E-state index is 0.0261. The van der Waals surface area contributed by atoms with Crippen LogP contribution in [-0.2, 0) is 4.79 Å². The molecule has 0 aromatic heterocycles. The van der Waals surface area contributed by atoms with Crippen LogP contribution in [-0.4, -0.2) is 21.3 Å². The lowest BCUT2D eigenvalue weighted by Crippen LogP contribution is -2.05. The van der Waals surface area contributed by atoms with Crippen LogP contribution in [0.3, 0.4) is 0 Å². The zero-order chi connectivity index (χ0) is 16.3. The third kappa shape index (κ3) is 3.84. The number of aromatic hydroxyl groups is 2. The first kappa shape index (κ1) is 16.5. The second kappa shape index (κ2) is 6.90. The molecule has 22 heavy (non-hydrogen) atoms. The highest BCUT2D eigenvalue weighted by atomic mass is 35.5. The van der Waals surface area contributed by atoms with Gasteiger partial charge in [-0.25, -0.2) is 0 Å². The highest BCUT2D eigenvalue weighted by molar-refractivity contribution is 6.32. The molecule has 2 rings (SSSR count). The zero-order valence-electron chi connectivity index (χ0n) is 11.5. The molecule has 6 heteroatoms. The molecule has 0 heterocycles. The Kier molecular flexibility index (Phi) is 5.16. The van der Waals surface area contributed by atoms with E-state index in [0.29, 0.717) is 6.42 Å². The second-order valence-electron chi connectivity index (χ2n) is 4.91. The van der Waals surface area contributed by atoms with E-state index in [1.54, 1.807) is 24.3 Å². The van der Waals surface area contributed by atoms with E-state index in [9.17, 15) is 15.0 Å². The Morgan fingerprint density at radius 3 is 1.77 bits per heavy atom. The quantitative estimate of drug-likeness (QED) is 0.753. The van der Waals surface area contributed by atoms with Crippen LogP contribution in [0.4, 0.5) is 0 Å². The van der Waals surface area contributed by atoms with Crippen LogP contribution in [0.2, 0.25) is 10.0 Å². The molecular weight excluding hydrogens is 327 g/mol. The minimum Gasteiger partial charge on any atom is -0.506 e. The minimum atomic E-state index is -0.903. The number of halogens is 2. The van der Waals surface area contributed by atoms with Gasteiger partial charge in [0, 0.05) is 12.3 Å². The summed E-state index contributed by atoms with van der Waals surface area (Å²) < 4.78 is 0. The van der Waals surface area contributed by atoms with E-state index >= 15 is 0 Å². The standard InChI is InChI=1S/C16H14Cl2O4/c17-12-7-9(1-4-14(12)19)11(3-6-16(21)22)10-2-5-15(20)13(18)8-10/h1-2,4-5,7-8,11,19-20H,3,6H2,(H,21,22). The summed E-state index contributed by atoms with van der Waals surface area (Å²) in [6.45, 7) is 0. The van der Waals surface area contributed by atoms with Crippen LogP contribution >= 0.6 is 23.2 Å². The van der Waals surface area contributed by atoms with Crippen LogP contribution in [0.15, 0.2) is 36.4 Å². The summed E-state index contributed by atoms with van der Waals surface area (Å²) in [5.41, 5.74) is 1.54. The van der Waals surface area contributed by atoms with Crippen molar-refractivity contribution in [1.82, 2.24) is 0 Å². The summed E-state index contributed by atoms with van der Waals surface area (Å²) in [5, 5.41) is 28.3. The molecule has 0 aliphatic rings. The van der Waals surface area contributed by atoms with Gasteiger partial charge in [0.1, 0.15) is 11.5 Å². The summed E-state index contributed by atoms with van der Waals surface area (Å²) in [7, 11) is 0. The summed E-state index contributed by atoms with van der Waals surface area (Å²) >= 11 is 11.9. The number of aliphatic carboxylic acids is 1. The van der Waals surface area contributed by atoms with Gasteiger partial charge in [-0.2, -0.15) is 0 Å². The largest absolute Gasteiger partial charge is 0.506 e. The van der Waals surface area contributed by atoms with E-state index in [-0.39, 0.29) is 33.9 Å². The van der Waals surface area contributed by atoms with Gasteiger partial charge in [0.15, 0.2) is 0 Å². The average Bonchev–Trinajstić information content (AvgIpc) is 2.46.